The van der Waals surface area contributed by atoms with Crippen molar-refractivity contribution in [2.45, 2.75) is 51.0 Å². The van der Waals surface area contributed by atoms with Crippen LogP contribution in [0, 0.1) is 11.8 Å². The predicted molar refractivity (Wildman–Crippen MR) is 134 cm³/mol. The molecule has 1 fully saturated rings. The summed E-state index contributed by atoms with van der Waals surface area (Å²) in [5.74, 6) is -1.61. The first-order chi connectivity index (χ1) is 16.9. The van der Waals surface area contributed by atoms with Gasteiger partial charge in [0.25, 0.3) is 0 Å². The predicted octanol–water partition coefficient (Wildman–Crippen LogP) is 3.15. The van der Waals surface area contributed by atoms with Crippen molar-refractivity contribution in [3.63, 3.8) is 0 Å². The highest BCUT2D eigenvalue weighted by Crippen LogP contribution is 2.35. The molecule has 0 saturated heterocycles. The van der Waals surface area contributed by atoms with Crippen molar-refractivity contribution in [3.05, 3.63) is 70.2 Å². The Labute approximate surface area is 210 Å². The van der Waals surface area contributed by atoms with Crippen LogP contribution in [-0.4, -0.2) is 47.2 Å². The average molecular weight is 501 g/mol. The van der Waals surface area contributed by atoms with E-state index in [1.54, 1.807) is 12.1 Å². The smallest absolute Gasteiger partial charge is 0.303 e. The molecule has 3 atom stereocenters. The Kier molecular flexibility index (Phi) is 10.1. The van der Waals surface area contributed by atoms with Crippen molar-refractivity contribution in [2.24, 2.45) is 11.8 Å². The van der Waals surface area contributed by atoms with Gasteiger partial charge in [0.1, 0.15) is 6.04 Å². The summed E-state index contributed by atoms with van der Waals surface area (Å²) in [5, 5.41) is 24.9. The second kappa shape index (κ2) is 13.3. The lowest BCUT2D eigenvalue weighted by molar-refractivity contribution is -0.137. The summed E-state index contributed by atoms with van der Waals surface area (Å²) in [7, 11) is 0. The summed E-state index contributed by atoms with van der Waals surface area (Å²) in [6.45, 7) is -0.0973. The van der Waals surface area contributed by atoms with Gasteiger partial charge in [0.2, 0.25) is 11.8 Å². The lowest BCUT2D eigenvalue weighted by atomic mass is 9.86. The number of halogens is 1. The molecule has 0 spiro atoms. The molecule has 8 heteroatoms. The summed E-state index contributed by atoms with van der Waals surface area (Å²) >= 11 is 5.89. The first kappa shape index (κ1) is 26.7. The maximum Gasteiger partial charge on any atom is 0.303 e. The Morgan fingerprint density at radius 3 is 2.40 bits per heavy atom. The number of amides is 2. The highest BCUT2D eigenvalue weighted by Gasteiger charge is 2.35. The van der Waals surface area contributed by atoms with Crippen LogP contribution in [0.2, 0.25) is 5.02 Å². The van der Waals surface area contributed by atoms with Crippen LogP contribution >= 0.6 is 11.6 Å². The van der Waals surface area contributed by atoms with Gasteiger partial charge in [-0.05, 0) is 66.8 Å². The molecule has 1 aliphatic rings. The van der Waals surface area contributed by atoms with E-state index in [9.17, 15) is 19.5 Å². The monoisotopic (exact) mass is 500 g/mol. The molecule has 0 aromatic heterocycles. The summed E-state index contributed by atoms with van der Waals surface area (Å²) in [6, 6.07) is 14.1. The van der Waals surface area contributed by atoms with Crippen LogP contribution in [0.25, 0.3) is 0 Å². The zero-order valence-corrected chi connectivity index (χ0v) is 20.5. The SMILES string of the molecule is O=C(O)CCc1ccccc1C[C@@H]1CCC[C@H]1C(=O)NC(CO)C(=O)NCCc1ccc(Cl)cc1. The van der Waals surface area contributed by atoms with Crippen LogP contribution in [0.3, 0.4) is 0 Å². The summed E-state index contributed by atoms with van der Waals surface area (Å²) < 4.78 is 0. The zero-order valence-electron chi connectivity index (χ0n) is 19.7. The van der Waals surface area contributed by atoms with Gasteiger partial charge in [-0.1, -0.05) is 54.4 Å². The van der Waals surface area contributed by atoms with Crippen LogP contribution < -0.4 is 10.6 Å². The molecule has 0 aliphatic heterocycles. The van der Waals surface area contributed by atoms with Gasteiger partial charge in [-0.15, -0.1) is 0 Å². The first-order valence-corrected chi connectivity index (χ1v) is 12.5. The van der Waals surface area contributed by atoms with Gasteiger partial charge in [0.05, 0.1) is 6.61 Å². The topological polar surface area (TPSA) is 116 Å². The lowest BCUT2D eigenvalue weighted by Crippen LogP contribution is -2.51. The van der Waals surface area contributed by atoms with E-state index in [2.05, 4.69) is 10.6 Å². The van der Waals surface area contributed by atoms with Crippen molar-refractivity contribution in [2.75, 3.05) is 13.2 Å². The molecule has 0 heterocycles. The van der Waals surface area contributed by atoms with Crippen LogP contribution in [0.5, 0.6) is 0 Å². The summed E-state index contributed by atoms with van der Waals surface area (Å²) in [5.41, 5.74) is 3.09. The van der Waals surface area contributed by atoms with E-state index in [0.29, 0.717) is 30.8 Å². The lowest BCUT2D eigenvalue weighted by Gasteiger charge is -2.23. The number of aliphatic hydroxyl groups excluding tert-OH is 1. The normalized spacial score (nSPS) is 18.1. The van der Waals surface area contributed by atoms with Crippen molar-refractivity contribution in [1.29, 1.82) is 0 Å². The quantitative estimate of drug-likeness (QED) is 0.357. The van der Waals surface area contributed by atoms with E-state index < -0.39 is 24.5 Å². The van der Waals surface area contributed by atoms with E-state index in [1.807, 2.05) is 36.4 Å². The van der Waals surface area contributed by atoms with Crippen molar-refractivity contribution in [1.82, 2.24) is 10.6 Å². The third kappa shape index (κ3) is 8.08. The Bertz CT molecular complexity index is 1010. The number of carboxylic acids is 1. The van der Waals surface area contributed by atoms with E-state index in [4.69, 9.17) is 16.7 Å². The fourth-order valence-corrected chi connectivity index (χ4v) is 4.85. The fraction of sp³-hybridized carbons (Fsp3) is 0.444. The molecule has 188 valence electrons. The van der Waals surface area contributed by atoms with Crippen LogP contribution in [0.1, 0.15) is 42.4 Å². The number of benzene rings is 2. The van der Waals surface area contributed by atoms with Crippen LogP contribution in [-0.2, 0) is 33.6 Å². The van der Waals surface area contributed by atoms with Crippen molar-refractivity contribution < 1.29 is 24.6 Å². The molecule has 2 aromatic rings. The maximum atomic E-state index is 13.1. The first-order valence-electron chi connectivity index (χ1n) is 12.1. The number of hydrogen-bond donors (Lipinski definition) is 4. The number of aryl methyl sites for hydroxylation is 1. The molecule has 1 saturated carbocycles. The molecule has 0 bridgehead atoms. The fourth-order valence-electron chi connectivity index (χ4n) is 4.73. The largest absolute Gasteiger partial charge is 0.481 e. The van der Waals surface area contributed by atoms with Gasteiger partial charge in [-0.2, -0.15) is 0 Å². The number of carbonyl (C=O) groups is 3. The average Bonchev–Trinajstić information content (AvgIpc) is 3.31. The van der Waals surface area contributed by atoms with Crippen LogP contribution in [0.4, 0.5) is 0 Å². The summed E-state index contributed by atoms with van der Waals surface area (Å²) in [4.78, 5) is 36.6. The van der Waals surface area contributed by atoms with Gasteiger partial charge in [-0.3, -0.25) is 14.4 Å². The zero-order chi connectivity index (χ0) is 25.2. The highest BCUT2D eigenvalue weighted by atomic mass is 35.5. The second-order valence-corrected chi connectivity index (χ2v) is 9.51. The molecule has 1 aliphatic carbocycles. The van der Waals surface area contributed by atoms with Gasteiger partial charge < -0.3 is 20.8 Å². The minimum atomic E-state index is -1.00. The van der Waals surface area contributed by atoms with Crippen molar-refractivity contribution in [3.8, 4) is 0 Å². The number of nitrogens with one attached hydrogen (secondary N) is 2. The standard InChI is InChI=1S/C27H33ClN2O5/c28-22-11-8-18(9-12-22)14-15-29-27(35)24(17-31)30-26(34)23-7-3-6-21(23)16-20-5-2-1-4-19(20)10-13-25(32)33/h1-2,4-5,8-9,11-12,21,23-24,31H,3,6-7,10,13-17H2,(H,29,35)(H,30,34)(H,32,33)/t21-,23+,24?/m0/s1. The van der Waals surface area contributed by atoms with E-state index in [1.165, 1.54) is 0 Å². The van der Waals surface area contributed by atoms with Crippen molar-refractivity contribution >= 4 is 29.4 Å². The van der Waals surface area contributed by atoms with E-state index in [-0.39, 0.29) is 24.2 Å². The number of aliphatic hydroxyl groups is 1. The molecule has 2 amide bonds. The molecule has 0 radical (unpaired) electrons. The Hall–Kier alpha value is -2.90. The molecular weight excluding hydrogens is 468 g/mol. The van der Waals surface area contributed by atoms with Gasteiger partial charge in [-0.25, -0.2) is 0 Å². The molecule has 7 nitrogen and oxygen atoms in total. The van der Waals surface area contributed by atoms with Gasteiger partial charge in [0.15, 0.2) is 0 Å². The number of hydrogen-bond acceptors (Lipinski definition) is 4. The third-order valence-electron chi connectivity index (χ3n) is 6.65. The van der Waals surface area contributed by atoms with E-state index in [0.717, 1.165) is 36.0 Å². The number of rotatable bonds is 12. The molecule has 3 rings (SSSR count). The molecule has 35 heavy (non-hydrogen) atoms. The summed E-state index contributed by atoms with van der Waals surface area (Å²) in [6.07, 6.45) is 4.35. The third-order valence-corrected chi connectivity index (χ3v) is 6.90. The highest BCUT2D eigenvalue weighted by molar-refractivity contribution is 6.30. The molecule has 4 N–H and O–H groups in total. The molecule has 1 unspecified atom stereocenters. The minimum Gasteiger partial charge on any atom is -0.481 e. The molecule has 2 aromatic carbocycles. The van der Waals surface area contributed by atoms with Crippen LogP contribution in [0.15, 0.2) is 48.5 Å². The van der Waals surface area contributed by atoms with Gasteiger partial charge >= 0.3 is 5.97 Å². The maximum absolute atomic E-state index is 13.1. The van der Waals surface area contributed by atoms with E-state index >= 15 is 0 Å². The Balaban J connectivity index is 1.54. The Morgan fingerprint density at radius 2 is 1.71 bits per heavy atom. The minimum absolute atomic E-state index is 0.0664. The second-order valence-electron chi connectivity index (χ2n) is 9.08. The number of carboxylic acid groups (broad SMARTS) is 1. The van der Waals surface area contributed by atoms with Gasteiger partial charge in [0, 0.05) is 23.9 Å². The number of aliphatic carboxylic acids is 1. The molecular formula is C27H33ClN2O5. The Morgan fingerprint density at radius 1 is 1.00 bits per heavy atom. The number of carbonyl (C=O) groups excluding carboxylic acids is 2.